The van der Waals surface area contributed by atoms with Crippen molar-refractivity contribution in [3.63, 3.8) is 0 Å². The van der Waals surface area contributed by atoms with Gasteiger partial charge in [0.2, 0.25) is 5.88 Å². The Kier molecular flexibility index (Phi) is 4.36. The average Bonchev–Trinajstić information content (AvgIpc) is 2.47. The first-order chi connectivity index (χ1) is 10.1. The monoisotopic (exact) mass is 303 g/mol. The summed E-state index contributed by atoms with van der Waals surface area (Å²) in [4.78, 5) is 14.3. The van der Waals surface area contributed by atoms with Gasteiger partial charge in [-0.2, -0.15) is 5.26 Å². The summed E-state index contributed by atoms with van der Waals surface area (Å²) in [5.74, 6) is 0.456. The predicted molar refractivity (Wildman–Crippen MR) is 77.2 cm³/mol. The van der Waals surface area contributed by atoms with Crippen molar-refractivity contribution in [2.24, 2.45) is 0 Å². The van der Waals surface area contributed by atoms with Gasteiger partial charge in [-0.25, -0.2) is 4.98 Å². The lowest BCUT2D eigenvalue weighted by Crippen LogP contribution is -1.95. The molecule has 1 heterocycles. The normalized spacial score (nSPS) is 9.95. The zero-order valence-electron chi connectivity index (χ0n) is 11.0. The molecule has 1 aromatic carbocycles. The van der Waals surface area contributed by atoms with Crippen molar-refractivity contribution in [2.45, 2.75) is 6.92 Å². The third-order valence-electron chi connectivity index (χ3n) is 2.72. The number of non-ortho nitro benzene ring substituents is 1. The molecule has 1 aromatic heterocycles. The number of nitro groups is 1. The van der Waals surface area contributed by atoms with Gasteiger partial charge >= 0.3 is 0 Å². The first-order valence-corrected chi connectivity index (χ1v) is 6.42. The van der Waals surface area contributed by atoms with Gasteiger partial charge in [0.05, 0.1) is 22.1 Å². The van der Waals surface area contributed by atoms with E-state index in [0.717, 1.165) is 0 Å². The first-order valence-electron chi connectivity index (χ1n) is 6.04. The molecule has 0 saturated heterocycles. The molecule has 0 unspecified atom stereocenters. The van der Waals surface area contributed by atoms with Crippen LogP contribution in [0.4, 0.5) is 5.69 Å². The van der Waals surface area contributed by atoms with E-state index in [1.165, 1.54) is 18.3 Å². The summed E-state index contributed by atoms with van der Waals surface area (Å²) in [6.45, 7) is 2.34. The molecule has 2 rings (SSSR count). The van der Waals surface area contributed by atoms with E-state index in [4.69, 9.17) is 16.3 Å². The van der Waals surface area contributed by atoms with Crippen LogP contribution in [0.1, 0.15) is 12.5 Å². The molecular formula is C14H10ClN3O3. The number of nitro benzene ring substituents is 1. The summed E-state index contributed by atoms with van der Waals surface area (Å²) in [6.07, 6.45) is 1.51. The van der Waals surface area contributed by atoms with Crippen molar-refractivity contribution in [1.29, 1.82) is 5.26 Å². The fraction of sp³-hybridized carbons (Fsp3) is 0.143. The van der Waals surface area contributed by atoms with Crippen LogP contribution in [0.15, 0.2) is 30.5 Å². The molecule has 6 nitrogen and oxygen atoms in total. The largest absolute Gasteiger partial charge is 0.478 e. The summed E-state index contributed by atoms with van der Waals surface area (Å²) in [7, 11) is 0. The molecule has 0 radical (unpaired) electrons. The molecule has 0 aliphatic carbocycles. The van der Waals surface area contributed by atoms with Crippen molar-refractivity contribution in [3.05, 3.63) is 51.2 Å². The number of nitriles is 1. The molecule has 0 amide bonds. The predicted octanol–water partition coefficient (Wildman–Crippen LogP) is 3.58. The van der Waals surface area contributed by atoms with Gasteiger partial charge in [-0.05, 0) is 13.0 Å². The smallest absolute Gasteiger partial charge is 0.272 e. The number of nitrogens with zero attached hydrogens (tertiary/aromatic N) is 3. The van der Waals surface area contributed by atoms with E-state index < -0.39 is 4.92 Å². The van der Waals surface area contributed by atoms with E-state index in [9.17, 15) is 15.4 Å². The summed E-state index contributed by atoms with van der Waals surface area (Å²) in [6, 6.07) is 7.68. The minimum Gasteiger partial charge on any atom is -0.478 e. The van der Waals surface area contributed by atoms with E-state index in [1.54, 1.807) is 12.1 Å². The third kappa shape index (κ3) is 3.09. The second kappa shape index (κ2) is 6.20. The molecule has 0 aliphatic heterocycles. The van der Waals surface area contributed by atoms with Crippen LogP contribution in [0.3, 0.4) is 0 Å². The fourth-order valence-corrected chi connectivity index (χ4v) is 2.16. The molecule has 0 aliphatic rings. The maximum atomic E-state index is 10.8. The lowest BCUT2D eigenvalue weighted by Gasteiger charge is -2.08. The van der Waals surface area contributed by atoms with Gasteiger partial charge in [-0.1, -0.05) is 11.6 Å². The number of halogens is 1. The second-order valence-electron chi connectivity index (χ2n) is 4.04. The molecule has 0 saturated carbocycles. The van der Waals surface area contributed by atoms with E-state index in [-0.39, 0.29) is 16.3 Å². The minimum absolute atomic E-state index is 0.125. The van der Waals surface area contributed by atoms with Crippen LogP contribution in [0.25, 0.3) is 11.1 Å². The van der Waals surface area contributed by atoms with Gasteiger partial charge in [0.25, 0.3) is 5.69 Å². The lowest BCUT2D eigenvalue weighted by atomic mass is 10.0. The Morgan fingerprint density at radius 2 is 2.24 bits per heavy atom. The zero-order chi connectivity index (χ0) is 15.4. The van der Waals surface area contributed by atoms with Crippen molar-refractivity contribution < 1.29 is 9.66 Å². The first kappa shape index (κ1) is 14.8. The maximum Gasteiger partial charge on any atom is 0.272 e. The summed E-state index contributed by atoms with van der Waals surface area (Å²) < 4.78 is 5.24. The van der Waals surface area contributed by atoms with Crippen molar-refractivity contribution >= 4 is 17.3 Å². The van der Waals surface area contributed by atoms with E-state index in [0.29, 0.717) is 23.6 Å². The molecule has 0 N–H and O–H groups in total. The maximum absolute atomic E-state index is 10.8. The Hall–Kier alpha value is -2.65. The molecule has 0 bridgehead atoms. The highest BCUT2D eigenvalue weighted by Gasteiger charge is 2.17. The highest BCUT2D eigenvalue weighted by molar-refractivity contribution is 6.33. The standard InChI is InChI=1S/C14H10ClN3O3/c1-2-21-13-4-3-9(8-17-13)14-10(7-16)5-11(18(19)20)6-12(14)15/h3-6,8H,2H2,1H3. The van der Waals surface area contributed by atoms with E-state index >= 15 is 0 Å². The van der Waals surface area contributed by atoms with Crippen LogP contribution in [-0.2, 0) is 0 Å². The van der Waals surface area contributed by atoms with Crippen LogP contribution in [-0.4, -0.2) is 16.5 Å². The Bertz CT molecular complexity index is 723. The molecule has 2 aromatic rings. The Labute approximate surface area is 125 Å². The third-order valence-corrected chi connectivity index (χ3v) is 3.02. The van der Waals surface area contributed by atoms with Crippen molar-refractivity contribution in [1.82, 2.24) is 4.98 Å². The Morgan fingerprint density at radius 1 is 1.48 bits per heavy atom. The van der Waals surface area contributed by atoms with Crippen LogP contribution in [0.2, 0.25) is 5.02 Å². The molecule has 21 heavy (non-hydrogen) atoms. The second-order valence-corrected chi connectivity index (χ2v) is 4.44. The molecule has 0 fully saturated rings. The fourth-order valence-electron chi connectivity index (χ4n) is 1.84. The van der Waals surface area contributed by atoms with Gasteiger partial charge < -0.3 is 4.74 Å². The number of ether oxygens (including phenoxy) is 1. The highest BCUT2D eigenvalue weighted by Crippen LogP contribution is 2.34. The summed E-state index contributed by atoms with van der Waals surface area (Å²) in [5.41, 5.74) is 0.912. The number of hydrogen-bond acceptors (Lipinski definition) is 5. The number of benzene rings is 1. The van der Waals surface area contributed by atoms with Gasteiger partial charge in [0.15, 0.2) is 0 Å². The SMILES string of the molecule is CCOc1ccc(-c2c(Cl)cc([N+](=O)[O-])cc2C#N)cn1. The Balaban J connectivity index is 2.53. The molecule has 106 valence electrons. The Morgan fingerprint density at radius 3 is 2.76 bits per heavy atom. The van der Waals surface area contributed by atoms with Crippen LogP contribution >= 0.6 is 11.6 Å². The summed E-state index contributed by atoms with van der Waals surface area (Å²) >= 11 is 6.08. The van der Waals surface area contributed by atoms with E-state index in [2.05, 4.69) is 4.98 Å². The van der Waals surface area contributed by atoms with Crippen LogP contribution in [0.5, 0.6) is 5.88 Å². The molecular weight excluding hydrogens is 294 g/mol. The topological polar surface area (TPSA) is 89.0 Å². The number of pyridine rings is 1. The number of rotatable bonds is 4. The van der Waals surface area contributed by atoms with Gasteiger partial charge in [0.1, 0.15) is 6.07 Å². The van der Waals surface area contributed by atoms with Crippen LogP contribution in [0, 0.1) is 21.4 Å². The quantitative estimate of drug-likeness (QED) is 0.636. The van der Waals surface area contributed by atoms with Gasteiger partial charge in [-0.15, -0.1) is 0 Å². The van der Waals surface area contributed by atoms with Crippen molar-refractivity contribution in [2.75, 3.05) is 6.61 Å². The zero-order valence-corrected chi connectivity index (χ0v) is 11.8. The average molecular weight is 304 g/mol. The van der Waals surface area contributed by atoms with E-state index in [1.807, 2.05) is 13.0 Å². The molecule has 7 heteroatoms. The van der Waals surface area contributed by atoms with Gasteiger partial charge in [0, 0.05) is 35.5 Å². The molecule has 0 spiro atoms. The summed E-state index contributed by atoms with van der Waals surface area (Å²) in [5, 5.41) is 20.1. The van der Waals surface area contributed by atoms with Gasteiger partial charge in [-0.3, -0.25) is 10.1 Å². The lowest BCUT2D eigenvalue weighted by molar-refractivity contribution is -0.384. The minimum atomic E-state index is -0.590. The van der Waals surface area contributed by atoms with Crippen molar-refractivity contribution in [3.8, 4) is 23.1 Å². The highest BCUT2D eigenvalue weighted by atomic mass is 35.5. The number of aromatic nitrogens is 1. The number of hydrogen-bond donors (Lipinski definition) is 0. The van der Waals surface area contributed by atoms with Crippen LogP contribution < -0.4 is 4.74 Å². The molecule has 0 atom stereocenters.